The molecule has 0 saturated heterocycles. The number of nitrogens with one attached hydrogen (secondary N) is 1. The number of hydrogen-bond acceptors (Lipinski definition) is 6. The largest absolute Gasteiger partial charge is 0.493 e. The average molecular weight is 433 g/mol. The van der Waals surface area contributed by atoms with Gasteiger partial charge in [-0.25, -0.2) is 0 Å². The molecule has 0 aliphatic heterocycles. The molecule has 0 bridgehead atoms. The van der Waals surface area contributed by atoms with Crippen LogP contribution in [0, 0.1) is 0 Å². The maximum Gasteiger partial charge on any atom is 0.230 e. The number of rotatable bonds is 9. The lowest BCUT2D eigenvalue weighted by Crippen LogP contribution is -2.27. The molecule has 0 aliphatic rings. The first-order valence-electron chi connectivity index (χ1n) is 8.87. The number of benzene rings is 2. The van der Waals surface area contributed by atoms with Crippen LogP contribution in [0.3, 0.4) is 0 Å². The minimum atomic E-state index is -0.0730. The second kappa shape index (κ2) is 10.2. The van der Waals surface area contributed by atoms with Crippen LogP contribution in [0.15, 0.2) is 53.9 Å². The first kappa shape index (κ1) is 21.0. The van der Waals surface area contributed by atoms with Crippen molar-refractivity contribution in [3.05, 3.63) is 59.4 Å². The first-order chi connectivity index (χ1) is 14.1. The molecule has 1 N–H and O–H groups in total. The summed E-state index contributed by atoms with van der Waals surface area (Å²) in [4.78, 5) is 12.2. The smallest absolute Gasteiger partial charge is 0.230 e. The van der Waals surface area contributed by atoms with Gasteiger partial charge in [0, 0.05) is 11.6 Å². The number of carbonyl (C=O) groups excluding carboxylic acids is 1. The van der Waals surface area contributed by atoms with Crippen LogP contribution in [-0.4, -0.2) is 47.2 Å². The molecule has 1 amide bonds. The third-order valence-electron chi connectivity index (χ3n) is 4.12. The average Bonchev–Trinajstić information content (AvgIpc) is 3.21. The minimum Gasteiger partial charge on any atom is -0.493 e. The number of amides is 1. The van der Waals surface area contributed by atoms with Gasteiger partial charge in [-0.15, -0.1) is 10.2 Å². The summed E-state index contributed by atoms with van der Waals surface area (Å²) in [7, 11) is 3.20. The molecule has 1 aromatic heterocycles. The second-order valence-electron chi connectivity index (χ2n) is 6.04. The van der Waals surface area contributed by atoms with Crippen LogP contribution < -0.4 is 14.8 Å². The number of nitrogens with zero attached hydrogens (tertiary/aromatic N) is 3. The highest BCUT2D eigenvalue weighted by Gasteiger charge is 2.11. The summed E-state index contributed by atoms with van der Waals surface area (Å²) in [6.45, 7) is 0.524. The predicted octanol–water partition coefficient (Wildman–Crippen LogP) is 3.39. The molecule has 7 nitrogen and oxygen atoms in total. The highest BCUT2D eigenvalue weighted by Crippen LogP contribution is 2.27. The van der Waals surface area contributed by atoms with Crippen molar-refractivity contribution in [2.75, 3.05) is 26.5 Å². The zero-order valence-corrected chi connectivity index (χ0v) is 17.7. The van der Waals surface area contributed by atoms with Gasteiger partial charge in [-0.1, -0.05) is 35.5 Å². The molecule has 0 radical (unpaired) electrons. The summed E-state index contributed by atoms with van der Waals surface area (Å²) < 4.78 is 12.3. The Bertz CT molecular complexity index is 980. The van der Waals surface area contributed by atoms with Gasteiger partial charge in [0.05, 0.1) is 25.7 Å². The van der Waals surface area contributed by atoms with Gasteiger partial charge in [0.1, 0.15) is 6.33 Å². The Hall–Kier alpha value is -2.71. The van der Waals surface area contributed by atoms with E-state index in [0.717, 1.165) is 11.3 Å². The molecule has 152 valence electrons. The quantitative estimate of drug-likeness (QED) is 0.522. The van der Waals surface area contributed by atoms with Gasteiger partial charge in [0.25, 0.3) is 0 Å². The van der Waals surface area contributed by atoms with E-state index in [9.17, 15) is 4.79 Å². The number of thioether (sulfide) groups is 1. The van der Waals surface area contributed by atoms with Gasteiger partial charge in [0.2, 0.25) is 5.91 Å². The van der Waals surface area contributed by atoms with Crippen molar-refractivity contribution in [3.8, 4) is 17.2 Å². The number of ether oxygens (including phenoxy) is 2. The van der Waals surface area contributed by atoms with E-state index in [1.807, 2.05) is 36.4 Å². The fraction of sp³-hybridized carbons (Fsp3) is 0.250. The molecule has 0 fully saturated rings. The van der Waals surface area contributed by atoms with E-state index in [4.69, 9.17) is 21.1 Å². The van der Waals surface area contributed by atoms with E-state index in [1.54, 1.807) is 31.2 Å². The molecule has 0 spiro atoms. The Kier molecular flexibility index (Phi) is 7.37. The Labute approximate surface area is 178 Å². The van der Waals surface area contributed by atoms with Gasteiger partial charge in [-0.2, -0.15) is 0 Å². The van der Waals surface area contributed by atoms with Gasteiger partial charge >= 0.3 is 0 Å². The van der Waals surface area contributed by atoms with Gasteiger partial charge in [-0.05, 0) is 42.3 Å². The first-order valence-corrected chi connectivity index (χ1v) is 10.2. The lowest BCUT2D eigenvalue weighted by Gasteiger charge is -2.10. The maximum absolute atomic E-state index is 12.2. The van der Waals surface area contributed by atoms with Crippen molar-refractivity contribution in [2.24, 2.45) is 0 Å². The summed E-state index contributed by atoms with van der Waals surface area (Å²) in [5, 5.41) is 12.2. The lowest BCUT2D eigenvalue weighted by molar-refractivity contribution is -0.118. The van der Waals surface area contributed by atoms with Crippen molar-refractivity contribution in [2.45, 2.75) is 11.6 Å². The Balaban J connectivity index is 1.50. The highest BCUT2D eigenvalue weighted by molar-refractivity contribution is 7.99. The van der Waals surface area contributed by atoms with Crippen LogP contribution in [0.2, 0.25) is 5.02 Å². The lowest BCUT2D eigenvalue weighted by atomic mass is 10.1. The SMILES string of the molecule is COc1ccc(CCNC(=O)CSc2nncn2-c2cccc(Cl)c2)cc1OC. The highest BCUT2D eigenvalue weighted by atomic mass is 35.5. The second-order valence-corrected chi connectivity index (χ2v) is 7.42. The van der Waals surface area contributed by atoms with E-state index in [-0.39, 0.29) is 11.7 Å². The third kappa shape index (κ3) is 5.65. The summed E-state index contributed by atoms with van der Waals surface area (Å²) in [5.41, 5.74) is 1.90. The zero-order chi connectivity index (χ0) is 20.6. The molecule has 0 aliphatic carbocycles. The topological polar surface area (TPSA) is 78.3 Å². The van der Waals surface area contributed by atoms with Gasteiger partial charge < -0.3 is 14.8 Å². The maximum atomic E-state index is 12.2. The van der Waals surface area contributed by atoms with Crippen LogP contribution in [-0.2, 0) is 11.2 Å². The van der Waals surface area contributed by atoms with Crippen molar-refractivity contribution in [1.82, 2.24) is 20.1 Å². The minimum absolute atomic E-state index is 0.0730. The van der Waals surface area contributed by atoms with Crippen molar-refractivity contribution < 1.29 is 14.3 Å². The van der Waals surface area contributed by atoms with E-state index in [0.29, 0.717) is 34.6 Å². The van der Waals surface area contributed by atoms with Crippen LogP contribution >= 0.6 is 23.4 Å². The summed E-state index contributed by atoms with van der Waals surface area (Å²) in [6, 6.07) is 13.1. The normalized spacial score (nSPS) is 10.6. The molecular weight excluding hydrogens is 412 g/mol. The molecule has 0 atom stereocenters. The molecule has 0 saturated carbocycles. The Morgan fingerprint density at radius 1 is 1.17 bits per heavy atom. The number of methoxy groups -OCH3 is 2. The molecular formula is C20H21ClN4O3S. The van der Waals surface area contributed by atoms with Gasteiger partial charge in [-0.3, -0.25) is 9.36 Å². The summed E-state index contributed by atoms with van der Waals surface area (Å²) in [6.07, 6.45) is 2.29. The summed E-state index contributed by atoms with van der Waals surface area (Å²) >= 11 is 7.36. The van der Waals surface area contributed by atoms with Gasteiger partial charge in [0.15, 0.2) is 16.7 Å². The molecule has 1 heterocycles. The van der Waals surface area contributed by atoms with E-state index in [2.05, 4.69) is 15.5 Å². The molecule has 3 rings (SSSR count). The molecule has 2 aromatic carbocycles. The van der Waals surface area contributed by atoms with E-state index in [1.165, 1.54) is 11.8 Å². The van der Waals surface area contributed by atoms with Crippen LogP contribution in [0.1, 0.15) is 5.56 Å². The number of aromatic nitrogens is 3. The molecule has 0 unspecified atom stereocenters. The van der Waals surface area contributed by atoms with E-state index < -0.39 is 0 Å². The fourth-order valence-electron chi connectivity index (χ4n) is 2.69. The van der Waals surface area contributed by atoms with Crippen molar-refractivity contribution in [1.29, 1.82) is 0 Å². The predicted molar refractivity (Wildman–Crippen MR) is 113 cm³/mol. The van der Waals surface area contributed by atoms with Crippen molar-refractivity contribution >= 4 is 29.3 Å². The van der Waals surface area contributed by atoms with Crippen LogP contribution in [0.25, 0.3) is 5.69 Å². The van der Waals surface area contributed by atoms with Crippen LogP contribution in [0.5, 0.6) is 11.5 Å². The van der Waals surface area contributed by atoms with E-state index >= 15 is 0 Å². The molecule has 29 heavy (non-hydrogen) atoms. The summed E-state index contributed by atoms with van der Waals surface area (Å²) in [5.74, 6) is 1.52. The van der Waals surface area contributed by atoms with Crippen molar-refractivity contribution in [3.63, 3.8) is 0 Å². The standard InChI is InChI=1S/C20H21ClN4O3S/c1-27-17-7-6-14(10-18(17)28-2)8-9-22-19(26)12-29-20-24-23-13-25(20)16-5-3-4-15(21)11-16/h3-7,10-11,13H,8-9,12H2,1-2H3,(H,22,26). The molecule has 9 heteroatoms. The molecule has 3 aromatic rings. The zero-order valence-electron chi connectivity index (χ0n) is 16.1. The monoisotopic (exact) mass is 432 g/mol. The fourth-order valence-corrected chi connectivity index (χ4v) is 3.63. The number of carbonyl (C=O) groups is 1. The third-order valence-corrected chi connectivity index (χ3v) is 5.30. The number of halogens is 1. The Morgan fingerprint density at radius 3 is 2.76 bits per heavy atom. The number of hydrogen-bond donors (Lipinski definition) is 1. The Morgan fingerprint density at radius 2 is 2.00 bits per heavy atom. The van der Waals surface area contributed by atoms with Crippen LogP contribution in [0.4, 0.5) is 0 Å².